The topological polar surface area (TPSA) is 119 Å². The predicted molar refractivity (Wildman–Crippen MR) is 121 cm³/mol. The maximum absolute atomic E-state index is 14.5. The number of nitrogens with two attached hydrogens (primary N) is 1. The number of rotatable bonds is 6. The highest BCUT2D eigenvalue weighted by Crippen LogP contribution is 2.35. The van der Waals surface area contributed by atoms with Gasteiger partial charge in [0.15, 0.2) is 11.6 Å². The number of benzene rings is 1. The van der Waals surface area contributed by atoms with Crippen molar-refractivity contribution < 1.29 is 28.5 Å². The Bertz CT molecular complexity index is 1210. The fourth-order valence-electron chi connectivity index (χ4n) is 4.22. The Morgan fingerprint density at radius 3 is 2.71 bits per heavy atom. The summed E-state index contributed by atoms with van der Waals surface area (Å²) in [5.74, 6) is -2.02. The van der Waals surface area contributed by atoms with E-state index in [-0.39, 0.29) is 35.5 Å². The van der Waals surface area contributed by atoms with Crippen LogP contribution >= 0.6 is 0 Å². The summed E-state index contributed by atoms with van der Waals surface area (Å²) in [4.78, 5) is 21.3. The van der Waals surface area contributed by atoms with Crippen molar-refractivity contribution in [3.63, 3.8) is 0 Å². The Morgan fingerprint density at radius 1 is 1.21 bits per heavy atom. The molecule has 1 fully saturated rings. The average molecular weight is 469 g/mol. The van der Waals surface area contributed by atoms with Gasteiger partial charge in [0.1, 0.15) is 23.3 Å². The molecular formula is C25H25F2N3O4. The van der Waals surface area contributed by atoms with E-state index in [2.05, 4.69) is 9.97 Å². The highest BCUT2D eigenvalue weighted by atomic mass is 19.1. The van der Waals surface area contributed by atoms with E-state index >= 15 is 0 Å². The molecule has 4 N–H and O–H groups in total. The van der Waals surface area contributed by atoms with E-state index in [9.17, 15) is 23.8 Å². The van der Waals surface area contributed by atoms with E-state index in [1.54, 1.807) is 18.3 Å². The van der Waals surface area contributed by atoms with Crippen molar-refractivity contribution in [2.24, 2.45) is 0 Å². The zero-order valence-electron chi connectivity index (χ0n) is 18.5. The van der Waals surface area contributed by atoms with Gasteiger partial charge in [-0.25, -0.2) is 13.8 Å². The molecule has 1 aliphatic heterocycles. The van der Waals surface area contributed by atoms with Crippen LogP contribution in [0.4, 0.5) is 14.5 Å². The van der Waals surface area contributed by atoms with Crippen molar-refractivity contribution >= 4 is 11.5 Å². The normalized spacial score (nSPS) is 22.5. The molecule has 0 spiro atoms. The average Bonchev–Trinajstić information content (AvgIpc) is 2.82. The third kappa shape index (κ3) is 4.68. The first-order valence-electron chi connectivity index (χ1n) is 11.0. The monoisotopic (exact) mass is 469 g/mol. The highest BCUT2D eigenvalue weighted by Gasteiger charge is 2.37. The Kier molecular flexibility index (Phi) is 6.97. The zero-order chi connectivity index (χ0) is 24.4. The third-order valence-electron chi connectivity index (χ3n) is 6.01. The Hall–Kier alpha value is -3.27. The van der Waals surface area contributed by atoms with Crippen LogP contribution in [0.3, 0.4) is 0 Å². The second-order valence-corrected chi connectivity index (χ2v) is 8.28. The van der Waals surface area contributed by atoms with Crippen molar-refractivity contribution in [2.45, 2.75) is 50.6 Å². The molecule has 1 saturated heterocycles. The van der Waals surface area contributed by atoms with Gasteiger partial charge in [-0.1, -0.05) is 19.1 Å². The number of carbonyl (C=O) groups excluding carboxylic acids is 1. The summed E-state index contributed by atoms with van der Waals surface area (Å²) in [5.41, 5.74) is 6.33. The van der Waals surface area contributed by atoms with E-state index in [0.29, 0.717) is 17.5 Å². The number of ketones is 1. The van der Waals surface area contributed by atoms with Crippen LogP contribution < -0.4 is 5.73 Å². The van der Waals surface area contributed by atoms with Crippen molar-refractivity contribution in [1.82, 2.24) is 9.97 Å². The molecule has 9 heteroatoms. The van der Waals surface area contributed by atoms with Crippen LogP contribution in [0, 0.1) is 11.6 Å². The lowest BCUT2D eigenvalue weighted by Gasteiger charge is -2.37. The highest BCUT2D eigenvalue weighted by molar-refractivity contribution is 6.00. The number of halogens is 2. The molecule has 0 saturated carbocycles. The standard InChI is InChI=1S/C25H25F2N3O4/c1-2-21-25(33)20(32)11-22(34-21)14-7-8-29-12-13(14)9-19(31)24-18(28)10-17(27)23(30-24)15-5-3-4-6-16(15)26/h3-8,10,12,20-22,25,32-33H,2,9,11,28H2,1H3/t20-,21-,22-,25+/m1/s1. The van der Waals surface area contributed by atoms with Gasteiger partial charge in [0.25, 0.3) is 0 Å². The van der Waals surface area contributed by atoms with Crippen LogP contribution in [-0.4, -0.2) is 44.3 Å². The smallest absolute Gasteiger partial charge is 0.187 e. The van der Waals surface area contributed by atoms with Gasteiger partial charge in [-0.05, 0) is 35.7 Å². The number of aliphatic hydroxyl groups excluding tert-OH is 2. The van der Waals surface area contributed by atoms with Crippen molar-refractivity contribution in [3.8, 4) is 11.3 Å². The first kappa shape index (κ1) is 23.9. The summed E-state index contributed by atoms with van der Waals surface area (Å²) < 4.78 is 34.8. The molecule has 178 valence electrons. The molecule has 3 aromatic rings. The Labute approximate surface area is 195 Å². The fraction of sp³-hybridized carbons (Fsp3) is 0.320. The number of aliphatic hydroxyl groups is 2. The molecule has 2 aromatic heterocycles. The lowest BCUT2D eigenvalue weighted by molar-refractivity contribution is -0.171. The molecule has 0 unspecified atom stereocenters. The van der Waals surface area contributed by atoms with Gasteiger partial charge in [-0.15, -0.1) is 0 Å². The van der Waals surface area contributed by atoms with Crippen LogP contribution in [0.1, 0.15) is 47.5 Å². The maximum Gasteiger partial charge on any atom is 0.187 e. The van der Waals surface area contributed by atoms with Gasteiger partial charge < -0.3 is 20.7 Å². The molecule has 0 radical (unpaired) electrons. The Balaban J connectivity index is 1.65. The molecule has 0 amide bonds. The van der Waals surface area contributed by atoms with Crippen molar-refractivity contribution in [2.75, 3.05) is 5.73 Å². The van der Waals surface area contributed by atoms with Crippen LogP contribution in [0.25, 0.3) is 11.3 Å². The zero-order valence-corrected chi connectivity index (χ0v) is 18.5. The number of nitrogens with zero attached hydrogens (tertiary/aromatic N) is 2. The van der Waals surface area contributed by atoms with E-state index < -0.39 is 41.8 Å². The molecule has 1 aromatic carbocycles. The molecule has 4 rings (SSSR count). The van der Waals surface area contributed by atoms with E-state index in [4.69, 9.17) is 10.5 Å². The molecule has 4 atom stereocenters. The lowest BCUT2D eigenvalue weighted by atomic mass is 9.90. The minimum atomic E-state index is -0.992. The van der Waals surface area contributed by atoms with Crippen LogP contribution in [0.2, 0.25) is 0 Å². The van der Waals surface area contributed by atoms with Crippen LogP contribution in [0.15, 0.2) is 48.8 Å². The molecule has 0 bridgehead atoms. The van der Waals surface area contributed by atoms with Gasteiger partial charge in [0.2, 0.25) is 0 Å². The van der Waals surface area contributed by atoms with Crippen LogP contribution in [-0.2, 0) is 11.2 Å². The number of pyridine rings is 2. The first-order chi connectivity index (χ1) is 16.3. The number of Topliss-reactive ketones (excluding diaryl/α,β-unsaturated/α-hetero) is 1. The quantitative estimate of drug-likeness (QED) is 0.474. The van der Waals surface area contributed by atoms with Crippen LogP contribution in [0.5, 0.6) is 0 Å². The molecule has 1 aliphatic rings. The van der Waals surface area contributed by atoms with E-state index in [0.717, 1.165) is 6.07 Å². The molecule has 34 heavy (non-hydrogen) atoms. The molecule has 7 nitrogen and oxygen atoms in total. The summed E-state index contributed by atoms with van der Waals surface area (Å²) in [6.45, 7) is 1.84. The summed E-state index contributed by atoms with van der Waals surface area (Å²) in [6.07, 6.45) is 0.465. The minimum Gasteiger partial charge on any atom is -0.397 e. The summed E-state index contributed by atoms with van der Waals surface area (Å²) >= 11 is 0. The van der Waals surface area contributed by atoms with E-state index in [1.807, 2.05) is 6.92 Å². The maximum atomic E-state index is 14.5. The second-order valence-electron chi connectivity index (χ2n) is 8.28. The summed E-state index contributed by atoms with van der Waals surface area (Å²) in [6, 6.07) is 8.20. The number of aromatic nitrogens is 2. The third-order valence-corrected chi connectivity index (χ3v) is 6.01. The molecular weight excluding hydrogens is 444 g/mol. The van der Waals surface area contributed by atoms with Gasteiger partial charge in [0, 0.05) is 36.9 Å². The minimum absolute atomic E-state index is 0.0788. The van der Waals surface area contributed by atoms with Gasteiger partial charge in [-0.2, -0.15) is 0 Å². The van der Waals surface area contributed by atoms with Gasteiger partial charge in [-0.3, -0.25) is 9.78 Å². The van der Waals surface area contributed by atoms with E-state index in [1.165, 1.54) is 24.4 Å². The SMILES string of the molecule is CC[C@H]1O[C@@H](c2ccncc2CC(=O)c2nc(-c3ccccc3F)c(F)cc2N)C[C@@H](O)[C@@H]1O. The van der Waals surface area contributed by atoms with Gasteiger partial charge >= 0.3 is 0 Å². The number of anilines is 1. The Morgan fingerprint density at radius 2 is 1.97 bits per heavy atom. The molecule has 0 aliphatic carbocycles. The fourth-order valence-corrected chi connectivity index (χ4v) is 4.22. The second kappa shape index (κ2) is 9.92. The predicted octanol–water partition coefficient (Wildman–Crippen LogP) is 3.39. The summed E-state index contributed by atoms with van der Waals surface area (Å²) in [5, 5.41) is 20.4. The largest absolute Gasteiger partial charge is 0.397 e. The number of carbonyl (C=O) groups is 1. The number of hydrogen-bond acceptors (Lipinski definition) is 7. The van der Waals surface area contributed by atoms with Crippen molar-refractivity contribution in [1.29, 1.82) is 0 Å². The lowest BCUT2D eigenvalue weighted by Crippen LogP contribution is -2.45. The first-order valence-corrected chi connectivity index (χ1v) is 11.0. The molecule has 3 heterocycles. The summed E-state index contributed by atoms with van der Waals surface area (Å²) in [7, 11) is 0. The van der Waals surface area contributed by atoms with Crippen molar-refractivity contribution in [3.05, 3.63) is 77.2 Å². The van der Waals surface area contributed by atoms with Gasteiger partial charge in [0.05, 0.1) is 24.0 Å². The number of hydrogen-bond donors (Lipinski definition) is 3. The number of nitrogen functional groups attached to an aromatic ring is 1. The number of ether oxygens (including phenoxy) is 1.